The quantitative estimate of drug-likeness (QED) is 0.111. The predicted octanol–water partition coefficient (Wildman–Crippen LogP) is 4.38. The van der Waals surface area contributed by atoms with Gasteiger partial charge in [-0.05, 0) is 56.5 Å². The Morgan fingerprint density at radius 2 is 1.86 bits per heavy atom. The van der Waals surface area contributed by atoms with Crippen LogP contribution in [0.25, 0.3) is 6.08 Å². The van der Waals surface area contributed by atoms with E-state index in [1.54, 1.807) is 20.0 Å². The van der Waals surface area contributed by atoms with Gasteiger partial charge in [0.1, 0.15) is 18.6 Å². The molecule has 0 spiro atoms. The predicted molar refractivity (Wildman–Crippen MR) is 181 cm³/mol. The summed E-state index contributed by atoms with van der Waals surface area (Å²) in [6.07, 6.45) is 3.16. The van der Waals surface area contributed by atoms with E-state index in [4.69, 9.17) is 23.7 Å². The molecule has 0 radical (unpaired) electrons. The van der Waals surface area contributed by atoms with Crippen LogP contribution in [0.2, 0.25) is 0 Å². The van der Waals surface area contributed by atoms with Crippen molar-refractivity contribution in [2.75, 3.05) is 34.1 Å². The number of aromatic hydroxyl groups is 1. The molecule has 0 fully saturated rings. The van der Waals surface area contributed by atoms with Crippen molar-refractivity contribution < 1.29 is 43.5 Å². The third-order valence-electron chi connectivity index (χ3n) is 9.37. The molecule has 258 valence electrons. The number of fused-ring (bicyclic) bond motifs is 6. The first kappa shape index (κ1) is 33.8. The summed E-state index contributed by atoms with van der Waals surface area (Å²) in [4.78, 5) is 28.1. The molecule has 0 saturated heterocycles. The number of phenolic OH excluding ortho intramolecular Hbond substituents is 1. The summed E-state index contributed by atoms with van der Waals surface area (Å²) < 4.78 is 28.6. The van der Waals surface area contributed by atoms with Crippen LogP contribution in [0.3, 0.4) is 0 Å². The summed E-state index contributed by atoms with van der Waals surface area (Å²) in [7, 11) is 3.27. The number of benzene rings is 3. The van der Waals surface area contributed by atoms with Crippen LogP contribution in [0.15, 0.2) is 55.1 Å². The molecular formula is C37H41N3O9. The molecule has 1 unspecified atom stereocenters. The average molecular weight is 672 g/mol. The van der Waals surface area contributed by atoms with Gasteiger partial charge in [0.05, 0.1) is 19.2 Å². The number of phenols is 1. The first-order chi connectivity index (χ1) is 23.7. The summed E-state index contributed by atoms with van der Waals surface area (Å²) in [6, 6.07) is 9.55. The molecule has 0 aliphatic carbocycles. The Bertz CT molecular complexity index is 1790. The Morgan fingerprint density at radius 3 is 2.57 bits per heavy atom. The fourth-order valence-corrected chi connectivity index (χ4v) is 7.23. The van der Waals surface area contributed by atoms with Gasteiger partial charge in [-0.2, -0.15) is 0 Å². The number of hydrogen-bond donors (Lipinski definition) is 4. The second-order valence-corrected chi connectivity index (χ2v) is 12.2. The van der Waals surface area contributed by atoms with E-state index in [0.29, 0.717) is 45.9 Å². The number of carbonyl (C=O) groups excluding carboxylic acids is 2. The monoisotopic (exact) mass is 671 g/mol. The maximum absolute atomic E-state index is 13.3. The molecule has 3 aliphatic rings. The number of amides is 1. The minimum absolute atomic E-state index is 0.0211. The first-order valence-electron chi connectivity index (χ1n) is 16.1. The third-order valence-corrected chi connectivity index (χ3v) is 9.37. The van der Waals surface area contributed by atoms with Crippen LogP contribution in [0, 0.1) is 13.8 Å². The number of aliphatic hydroxyl groups is 1. The van der Waals surface area contributed by atoms with Gasteiger partial charge in [0, 0.05) is 40.9 Å². The number of carbonyl (C=O) groups is 2. The van der Waals surface area contributed by atoms with Gasteiger partial charge < -0.3 is 44.5 Å². The number of nitrogens with one attached hydrogen (secondary N) is 2. The highest BCUT2D eigenvalue weighted by Crippen LogP contribution is 2.57. The fourth-order valence-electron chi connectivity index (χ4n) is 7.23. The maximum atomic E-state index is 13.3. The van der Waals surface area contributed by atoms with Crippen molar-refractivity contribution in [1.82, 2.24) is 15.5 Å². The molecule has 3 aliphatic heterocycles. The Morgan fingerprint density at radius 1 is 1.10 bits per heavy atom. The molecular weight excluding hydrogens is 630 g/mol. The number of aryl methyl sites for hydroxylation is 1. The van der Waals surface area contributed by atoms with Crippen molar-refractivity contribution in [2.45, 2.75) is 51.0 Å². The SMILES string of the molecule is C=CCOC(=O)Oc1c(C)c2c(c3c1C[C@H]1c4c(cc(C)c(OC)c4O)CC(NC)[C@H](O)N1[C@H]3CNC(=O)/C=C/c1ccccc1)OCO2. The van der Waals surface area contributed by atoms with Crippen molar-refractivity contribution in [3.63, 3.8) is 0 Å². The molecule has 12 heteroatoms. The lowest BCUT2D eigenvalue weighted by molar-refractivity contribution is -0.118. The van der Waals surface area contributed by atoms with Gasteiger partial charge in [-0.1, -0.05) is 49.1 Å². The zero-order valence-electron chi connectivity index (χ0n) is 27.9. The van der Waals surface area contributed by atoms with Crippen LogP contribution in [0.4, 0.5) is 4.79 Å². The molecule has 4 atom stereocenters. The van der Waals surface area contributed by atoms with E-state index in [1.165, 1.54) is 19.3 Å². The van der Waals surface area contributed by atoms with E-state index in [9.17, 15) is 19.8 Å². The lowest BCUT2D eigenvalue weighted by Crippen LogP contribution is -2.54. The Balaban J connectivity index is 1.53. The number of methoxy groups -OCH3 is 1. The first-order valence-corrected chi connectivity index (χ1v) is 16.1. The van der Waals surface area contributed by atoms with Gasteiger partial charge in [0.2, 0.25) is 12.7 Å². The Kier molecular flexibility index (Phi) is 9.81. The highest BCUT2D eigenvalue weighted by Gasteiger charge is 2.49. The molecule has 3 heterocycles. The van der Waals surface area contributed by atoms with Crippen LogP contribution < -0.4 is 29.6 Å². The van der Waals surface area contributed by atoms with Gasteiger partial charge in [0.25, 0.3) is 0 Å². The van der Waals surface area contributed by atoms with Crippen LogP contribution in [-0.2, 0) is 22.4 Å². The van der Waals surface area contributed by atoms with E-state index in [-0.39, 0.29) is 43.8 Å². The van der Waals surface area contributed by atoms with Crippen LogP contribution in [-0.4, -0.2) is 73.5 Å². The smallest absolute Gasteiger partial charge is 0.504 e. The van der Waals surface area contributed by atoms with Gasteiger partial charge in [0.15, 0.2) is 23.0 Å². The summed E-state index contributed by atoms with van der Waals surface area (Å²) in [5, 5.41) is 30.2. The number of likely N-dealkylation sites (N-methyl/N-ethyl adjacent to an activating group) is 1. The van der Waals surface area contributed by atoms with Crippen molar-refractivity contribution in [3.05, 3.63) is 94.1 Å². The molecule has 6 rings (SSSR count). The largest absolute Gasteiger partial charge is 0.514 e. The number of rotatable bonds is 9. The van der Waals surface area contributed by atoms with E-state index < -0.39 is 30.5 Å². The zero-order valence-corrected chi connectivity index (χ0v) is 27.9. The molecule has 0 aromatic heterocycles. The Hall–Kier alpha value is -5.04. The minimum atomic E-state index is -1.09. The molecule has 3 aromatic rings. The minimum Gasteiger partial charge on any atom is -0.504 e. The molecule has 12 nitrogen and oxygen atoms in total. The second-order valence-electron chi connectivity index (χ2n) is 12.2. The molecule has 4 N–H and O–H groups in total. The van der Waals surface area contributed by atoms with Gasteiger partial charge in [-0.15, -0.1) is 0 Å². The lowest BCUT2D eigenvalue weighted by atomic mass is 9.81. The fraction of sp³-hybridized carbons (Fsp3) is 0.351. The topological polar surface area (TPSA) is 148 Å². The molecule has 3 aromatic carbocycles. The summed E-state index contributed by atoms with van der Waals surface area (Å²) >= 11 is 0. The second kappa shape index (κ2) is 14.2. The standard InChI is InChI=1S/C37H41N3O9/c1-6-14-46-37(44)49-33-21(3)34-35(48-19-47-34)30-24(33)17-26-29-23(15-20(2)32(45-5)31(29)42)16-25(38-4)36(43)40(26)27(30)18-39-28(41)13-12-22-10-8-7-9-11-22/h6-13,15,25-27,36,38,42-43H,1,14,16-19H2,2-5H3,(H,39,41)/b13-12+/t25?,26-,27-,36-/m0/s1. The van der Waals surface area contributed by atoms with Crippen molar-refractivity contribution in [2.24, 2.45) is 0 Å². The van der Waals surface area contributed by atoms with E-state index in [2.05, 4.69) is 17.2 Å². The highest BCUT2D eigenvalue weighted by molar-refractivity contribution is 5.91. The van der Waals surface area contributed by atoms with E-state index >= 15 is 0 Å². The Labute approximate surface area is 284 Å². The number of ether oxygens (including phenoxy) is 5. The van der Waals surface area contributed by atoms with E-state index in [0.717, 1.165) is 16.7 Å². The van der Waals surface area contributed by atoms with Crippen LogP contribution in [0.5, 0.6) is 28.7 Å². The summed E-state index contributed by atoms with van der Waals surface area (Å²) in [6.45, 7) is 7.11. The summed E-state index contributed by atoms with van der Waals surface area (Å²) in [5.41, 5.74) is 4.71. The van der Waals surface area contributed by atoms with Gasteiger partial charge in [-0.25, -0.2) is 4.79 Å². The normalized spacial score (nSPS) is 20.8. The number of nitrogens with zero attached hydrogens (tertiary/aromatic N) is 1. The average Bonchev–Trinajstić information content (AvgIpc) is 3.55. The maximum Gasteiger partial charge on any atom is 0.514 e. The van der Waals surface area contributed by atoms with Crippen molar-refractivity contribution in [3.8, 4) is 28.7 Å². The van der Waals surface area contributed by atoms with Crippen molar-refractivity contribution in [1.29, 1.82) is 0 Å². The van der Waals surface area contributed by atoms with E-state index in [1.807, 2.05) is 48.2 Å². The zero-order chi connectivity index (χ0) is 34.8. The molecule has 0 bridgehead atoms. The van der Waals surface area contributed by atoms with Crippen LogP contribution in [0.1, 0.15) is 51.0 Å². The van der Waals surface area contributed by atoms with Gasteiger partial charge >= 0.3 is 6.16 Å². The van der Waals surface area contributed by atoms with Crippen LogP contribution >= 0.6 is 0 Å². The third kappa shape index (κ3) is 6.30. The highest BCUT2D eigenvalue weighted by atomic mass is 16.7. The summed E-state index contributed by atoms with van der Waals surface area (Å²) in [5.74, 6) is 0.965. The van der Waals surface area contributed by atoms with Crippen molar-refractivity contribution >= 4 is 18.1 Å². The number of hydrogen-bond acceptors (Lipinski definition) is 11. The van der Waals surface area contributed by atoms with Gasteiger partial charge in [-0.3, -0.25) is 9.69 Å². The molecule has 1 amide bonds. The number of aliphatic hydroxyl groups excluding tert-OH is 1. The molecule has 0 saturated carbocycles. The lowest BCUT2D eigenvalue weighted by Gasteiger charge is -2.47. The molecule has 49 heavy (non-hydrogen) atoms.